The number of rotatable bonds is 5. The van der Waals surface area contributed by atoms with Crippen LogP contribution in [0.25, 0.3) is 0 Å². The van der Waals surface area contributed by atoms with Gasteiger partial charge in [-0.1, -0.05) is 23.2 Å². The first kappa shape index (κ1) is 18.6. The van der Waals surface area contributed by atoms with Gasteiger partial charge in [0.25, 0.3) is 5.91 Å². The zero-order chi connectivity index (χ0) is 17.7. The number of carbonyl (C=O) groups is 2. The van der Waals surface area contributed by atoms with E-state index < -0.39 is 18.5 Å². The summed E-state index contributed by atoms with van der Waals surface area (Å²) in [6.07, 6.45) is 1.94. The molecule has 1 heterocycles. The minimum Gasteiger partial charge on any atom is -0.452 e. The molecule has 1 N–H and O–H groups in total. The number of nitrogens with zero attached hydrogens (tertiary/aromatic N) is 1. The summed E-state index contributed by atoms with van der Waals surface area (Å²) in [5.41, 5.74) is 0.904. The Labute approximate surface area is 153 Å². The van der Waals surface area contributed by atoms with Gasteiger partial charge in [0.15, 0.2) is 12.4 Å². The van der Waals surface area contributed by atoms with Gasteiger partial charge in [0, 0.05) is 4.90 Å². The standard InChI is InChI=1S/C16H14Cl2N2O3S/c1-9-12(17)7-13(18)15(19-9)20-14(21)8-23-16(22)10-3-5-11(24-2)6-4-10/h3-7H,8H2,1-2H3,(H,19,20,21). The first-order chi connectivity index (χ1) is 11.4. The smallest absolute Gasteiger partial charge is 0.338 e. The van der Waals surface area contributed by atoms with Crippen molar-refractivity contribution in [3.05, 3.63) is 51.6 Å². The van der Waals surface area contributed by atoms with Gasteiger partial charge in [-0.25, -0.2) is 9.78 Å². The van der Waals surface area contributed by atoms with Crippen molar-refractivity contribution in [2.45, 2.75) is 11.8 Å². The number of hydrogen-bond donors (Lipinski definition) is 1. The Bertz CT molecular complexity index is 767. The third-order valence-electron chi connectivity index (χ3n) is 3.02. The minimum absolute atomic E-state index is 0.170. The van der Waals surface area contributed by atoms with Crippen molar-refractivity contribution in [1.82, 2.24) is 4.98 Å². The van der Waals surface area contributed by atoms with E-state index >= 15 is 0 Å². The predicted molar refractivity (Wildman–Crippen MR) is 96.1 cm³/mol. The number of hydrogen-bond acceptors (Lipinski definition) is 5. The van der Waals surface area contributed by atoms with Crippen LogP contribution in [0.3, 0.4) is 0 Å². The molecule has 126 valence electrons. The maximum Gasteiger partial charge on any atom is 0.338 e. The molecule has 0 fully saturated rings. The Morgan fingerprint density at radius 2 is 1.88 bits per heavy atom. The fourth-order valence-corrected chi connectivity index (χ4v) is 2.57. The van der Waals surface area contributed by atoms with Crippen molar-refractivity contribution >= 4 is 52.7 Å². The Hall–Kier alpha value is -1.76. The van der Waals surface area contributed by atoms with Crippen LogP contribution in [0.2, 0.25) is 10.0 Å². The number of carbonyl (C=O) groups excluding carboxylic acids is 2. The van der Waals surface area contributed by atoms with Crippen molar-refractivity contribution in [3.63, 3.8) is 0 Å². The van der Waals surface area contributed by atoms with Crippen LogP contribution >= 0.6 is 35.0 Å². The highest BCUT2D eigenvalue weighted by Crippen LogP contribution is 2.25. The number of pyridine rings is 1. The number of thioether (sulfide) groups is 1. The van der Waals surface area contributed by atoms with Crippen molar-refractivity contribution in [1.29, 1.82) is 0 Å². The Kier molecular flexibility index (Phi) is 6.48. The van der Waals surface area contributed by atoms with Gasteiger partial charge in [-0.15, -0.1) is 11.8 Å². The molecule has 0 aliphatic heterocycles. The molecule has 0 saturated heterocycles. The van der Waals surface area contributed by atoms with Gasteiger partial charge in [0.1, 0.15) is 0 Å². The summed E-state index contributed by atoms with van der Waals surface area (Å²) >= 11 is 13.4. The van der Waals surface area contributed by atoms with Crippen LogP contribution < -0.4 is 5.32 Å². The molecule has 0 saturated carbocycles. The van der Waals surface area contributed by atoms with Crippen molar-refractivity contribution in [2.75, 3.05) is 18.2 Å². The first-order valence-corrected chi connectivity index (χ1v) is 8.82. The number of nitrogens with one attached hydrogen (secondary N) is 1. The molecule has 24 heavy (non-hydrogen) atoms. The highest BCUT2D eigenvalue weighted by Gasteiger charge is 2.13. The van der Waals surface area contributed by atoms with Gasteiger partial charge in [-0.2, -0.15) is 0 Å². The van der Waals surface area contributed by atoms with Crippen LogP contribution in [0, 0.1) is 6.92 Å². The molecule has 0 unspecified atom stereocenters. The molecule has 1 aromatic carbocycles. The number of esters is 1. The van der Waals surface area contributed by atoms with Gasteiger partial charge in [0.2, 0.25) is 0 Å². The van der Waals surface area contributed by atoms with Crippen molar-refractivity contribution in [2.24, 2.45) is 0 Å². The van der Waals surface area contributed by atoms with Crippen LogP contribution in [-0.4, -0.2) is 29.7 Å². The van der Waals surface area contributed by atoms with Gasteiger partial charge >= 0.3 is 5.97 Å². The zero-order valence-corrected chi connectivity index (χ0v) is 15.3. The van der Waals surface area contributed by atoms with Crippen LogP contribution in [0.1, 0.15) is 16.1 Å². The average molecular weight is 385 g/mol. The zero-order valence-electron chi connectivity index (χ0n) is 12.9. The lowest BCUT2D eigenvalue weighted by molar-refractivity contribution is -0.119. The second kappa shape index (κ2) is 8.37. The number of halogens is 2. The van der Waals surface area contributed by atoms with E-state index in [1.807, 2.05) is 18.4 Å². The fourth-order valence-electron chi connectivity index (χ4n) is 1.76. The Morgan fingerprint density at radius 1 is 1.21 bits per heavy atom. The van der Waals surface area contributed by atoms with E-state index in [0.717, 1.165) is 4.90 Å². The molecule has 0 atom stereocenters. The third kappa shape index (κ3) is 4.87. The quantitative estimate of drug-likeness (QED) is 0.617. The van der Waals surface area contributed by atoms with Crippen LogP contribution in [0.4, 0.5) is 5.82 Å². The summed E-state index contributed by atoms with van der Waals surface area (Å²) in [4.78, 5) is 28.9. The van der Waals surface area contributed by atoms with Crippen molar-refractivity contribution < 1.29 is 14.3 Å². The minimum atomic E-state index is -0.579. The normalized spacial score (nSPS) is 10.3. The van der Waals surface area contributed by atoms with Crippen molar-refractivity contribution in [3.8, 4) is 0 Å². The van der Waals surface area contributed by atoms with E-state index in [9.17, 15) is 9.59 Å². The molecule has 1 aromatic heterocycles. The maximum absolute atomic E-state index is 11.9. The molecule has 0 aliphatic carbocycles. The number of anilines is 1. The molecular formula is C16H14Cl2N2O3S. The number of aryl methyl sites for hydroxylation is 1. The largest absolute Gasteiger partial charge is 0.452 e. The molecule has 0 spiro atoms. The summed E-state index contributed by atoms with van der Waals surface area (Å²) in [6, 6.07) is 8.39. The fraction of sp³-hybridized carbons (Fsp3) is 0.188. The summed E-state index contributed by atoms with van der Waals surface area (Å²) in [6.45, 7) is 1.25. The van der Waals surface area contributed by atoms with E-state index in [1.165, 1.54) is 6.07 Å². The van der Waals surface area contributed by atoms with Crippen LogP contribution in [0.15, 0.2) is 35.2 Å². The third-order valence-corrected chi connectivity index (χ3v) is 4.44. The van der Waals surface area contributed by atoms with E-state index in [4.69, 9.17) is 27.9 Å². The van der Waals surface area contributed by atoms with E-state index in [-0.39, 0.29) is 10.8 Å². The summed E-state index contributed by atoms with van der Waals surface area (Å²) in [7, 11) is 0. The lowest BCUT2D eigenvalue weighted by Gasteiger charge is -2.09. The second-order valence-corrected chi connectivity index (χ2v) is 6.43. The van der Waals surface area contributed by atoms with E-state index in [1.54, 1.807) is 30.8 Å². The molecular weight excluding hydrogens is 371 g/mol. The lowest BCUT2D eigenvalue weighted by Crippen LogP contribution is -2.21. The van der Waals surface area contributed by atoms with E-state index in [0.29, 0.717) is 16.3 Å². The molecule has 0 aliphatic rings. The van der Waals surface area contributed by atoms with Gasteiger partial charge in [-0.05, 0) is 43.5 Å². The van der Waals surface area contributed by atoms with Gasteiger partial charge in [-0.3, -0.25) is 4.79 Å². The molecule has 8 heteroatoms. The molecule has 5 nitrogen and oxygen atoms in total. The number of benzene rings is 1. The summed E-state index contributed by atoms with van der Waals surface area (Å²) in [5, 5.41) is 3.09. The Balaban J connectivity index is 1.93. The predicted octanol–water partition coefficient (Wildman–Crippen LogP) is 4.21. The number of aromatic nitrogens is 1. The Morgan fingerprint density at radius 3 is 2.50 bits per heavy atom. The molecule has 1 amide bonds. The maximum atomic E-state index is 11.9. The topological polar surface area (TPSA) is 68.3 Å². The number of amides is 1. The summed E-state index contributed by atoms with van der Waals surface area (Å²) in [5.74, 6) is -0.951. The second-order valence-electron chi connectivity index (χ2n) is 4.74. The molecule has 0 radical (unpaired) electrons. The van der Waals surface area contributed by atoms with Gasteiger partial charge < -0.3 is 10.1 Å². The van der Waals surface area contributed by atoms with Crippen LogP contribution in [0.5, 0.6) is 0 Å². The molecule has 2 aromatic rings. The molecule has 0 bridgehead atoms. The SMILES string of the molecule is CSc1ccc(C(=O)OCC(=O)Nc2nc(C)c(Cl)cc2Cl)cc1. The average Bonchev–Trinajstić information content (AvgIpc) is 2.57. The van der Waals surface area contributed by atoms with Gasteiger partial charge in [0.05, 0.1) is 21.3 Å². The summed E-state index contributed by atoms with van der Waals surface area (Å²) < 4.78 is 4.97. The lowest BCUT2D eigenvalue weighted by atomic mass is 10.2. The van der Waals surface area contributed by atoms with Crippen LogP contribution in [-0.2, 0) is 9.53 Å². The highest BCUT2D eigenvalue weighted by molar-refractivity contribution is 7.98. The first-order valence-electron chi connectivity index (χ1n) is 6.84. The van der Waals surface area contributed by atoms with E-state index in [2.05, 4.69) is 10.3 Å². The monoisotopic (exact) mass is 384 g/mol. The highest BCUT2D eigenvalue weighted by atomic mass is 35.5. The number of ether oxygens (including phenoxy) is 1. The molecule has 2 rings (SSSR count).